The molecule has 6 nitrogen and oxygen atoms in total. The highest BCUT2D eigenvalue weighted by molar-refractivity contribution is 7.80. The Bertz CT molecular complexity index is 1130. The molecular weight excluding hydrogens is 398 g/mol. The van der Waals surface area contributed by atoms with Crippen LogP contribution in [0.15, 0.2) is 78.5 Å². The molecule has 1 aromatic heterocycles. The Balaban J connectivity index is 1.69. The Hall–Kier alpha value is -3.71. The molecule has 0 bridgehead atoms. The number of nitrogens with one attached hydrogen (secondary N) is 1. The summed E-state index contributed by atoms with van der Waals surface area (Å²) in [5, 5.41) is 2.65. The topological polar surface area (TPSA) is 63.6 Å². The number of amides is 2. The molecule has 2 aromatic carbocycles. The van der Waals surface area contributed by atoms with E-state index in [1.54, 1.807) is 30.3 Å². The van der Waals surface area contributed by atoms with Crippen molar-refractivity contribution in [3.8, 4) is 11.4 Å². The van der Waals surface area contributed by atoms with Crippen molar-refractivity contribution < 1.29 is 14.3 Å². The van der Waals surface area contributed by atoms with Crippen LogP contribution in [0.3, 0.4) is 0 Å². The van der Waals surface area contributed by atoms with E-state index in [1.165, 1.54) is 4.90 Å². The fourth-order valence-electron chi connectivity index (χ4n) is 3.23. The number of nitrogens with zero attached hydrogens (tertiary/aromatic N) is 2. The third-order valence-corrected chi connectivity index (χ3v) is 4.90. The van der Waals surface area contributed by atoms with E-state index in [1.807, 2.05) is 60.2 Å². The van der Waals surface area contributed by atoms with Crippen LogP contribution >= 0.6 is 12.2 Å². The zero-order valence-electron chi connectivity index (χ0n) is 16.2. The molecule has 0 unspecified atom stereocenters. The van der Waals surface area contributed by atoms with E-state index in [2.05, 4.69) is 5.32 Å². The van der Waals surface area contributed by atoms with Crippen LogP contribution in [-0.4, -0.2) is 28.1 Å². The zero-order valence-corrected chi connectivity index (χ0v) is 17.1. The van der Waals surface area contributed by atoms with Gasteiger partial charge in [-0.25, -0.2) is 0 Å². The number of anilines is 1. The molecule has 1 N–H and O–H groups in total. The van der Waals surface area contributed by atoms with Crippen LogP contribution in [0.4, 0.5) is 5.69 Å². The predicted molar refractivity (Wildman–Crippen MR) is 120 cm³/mol. The molecule has 7 heteroatoms. The van der Waals surface area contributed by atoms with Gasteiger partial charge < -0.3 is 9.30 Å². The van der Waals surface area contributed by atoms with Crippen LogP contribution in [0.1, 0.15) is 12.6 Å². The van der Waals surface area contributed by atoms with Gasteiger partial charge in [-0.15, -0.1) is 0 Å². The summed E-state index contributed by atoms with van der Waals surface area (Å²) in [4.78, 5) is 27.1. The lowest BCUT2D eigenvalue weighted by atomic mass is 10.1. The first-order valence-corrected chi connectivity index (χ1v) is 9.86. The summed E-state index contributed by atoms with van der Waals surface area (Å²) < 4.78 is 7.35. The van der Waals surface area contributed by atoms with E-state index in [0.29, 0.717) is 23.7 Å². The minimum absolute atomic E-state index is 0.00775. The second kappa shape index (κ2) is 8.34. The lowest BCUT2D eigenvalue weighted by molar-refractivity contribution is -0.122. The summed E-state index contributed by atoms with van der Waals surface area (Å²) in [6, 6.07) is 20.4. The number of ether oxygens (including phenoxy) is 1. The standard InChI is InChI=1S/C23H19N3O3S/c1-2-29-19-12-10-17(11-13-19)26-22(28)20(21(27)24-23(26)30)15-18-9-6-14-25(18)16-7-4-3-5-8-16/h3-15H,2H2,1H3,(H,24,27,30). The van der Waals surface area contributed by atoms with Crippen LogP contribution in [0.2, 0.25) is 0 Å². The largest absolute Gasteiger partial charge is 0.494 e. The van der Waals surface area contributed by atoms with Crippen molar-refractivity contribution in [1.82, 2.24) is 9.88 Å². The van der Waals surface area contributed by atoms with E-state index < -0.39 is 11.8 Å². The summed E-state index contributed by atoms with van der Waals surface area (Å²) in [6.45, 7) is 2.44. The highest BCUT2D eigenvalue weighted by Crippen LogP contribution is 2.25. The van der Waals surface area contributed by atoms with Gasteiger partial charge in [0.05, 0.1) is 12.3 Å². The number of carbonyl (C=O) groups is 2. The number of hydrogen-bond donors (Lipinski definition) is 1. The van der Waals surface area contributed by atoms with Gasteiger partial charge in [0.1, 0.15) is 11.3 Å². The molecule has 1 aliphatic heterocycles. The van der Waals surface area contributed by atoms with Crippen molar-refractivity contribution >= 4 is 40.9 Å². The van der Waals surface area contributed by atoms with Crippen LogP contribution in [-0.2, 0) is 9.59 Å². The number of thiocarbonyl (C=S) groups is 1. The molecule has 0 atom stereocenters. The molecule has 150 valence electrons. The van der Waals surface area contributed by atoms with Crippen molar-refractivity contribution in [2.75, 3.05) is 11.5 Å². The van der Waals surface area contributed by atoms with Gasteiger partial charge >= 0.3 is 0 Å². The Kier molecular flexibility index (Phi) is 5.45. The number of para-hydroxylation sites is 1. The Morgan fingerprint density at radius 1 is 0.967 bits per heavy atom. The Labute approximate surface area is 179 Å². The van der Waals surface area contributed by atoms with E-state index in [4.69, 9.17) is 17.0 Å². The quantitative estimate of drug-likeness (QED) is 0.391. The van der Waals surface area contributed by atoms with Crippen molar-refractivity contribution in [2.45, 2.75) is 6.92 Å². The number of hydrogen-bond acceptors (Lipinski definition) is 4. The number of carbonyl (C=O) groups excluding carboxylic acids is 2. The summed E-state index contributed by atoms with van der Waals surface area (Å²) in [6.07, 6.45) is 3.45. The molecule has 0 spiro atoms. The van der Waals surface area contributed by atoms with Crippen molar-refractivity contribution in [2.24, 2.45) is 0 Å². The lowest BCUT2D eigenvalue weighted by Crippen LogP contribution is -2.54. The average Bonchev–Trinajstić information content (AvgIpc) is 3.21. The van der Waals surface area contributed by atoms with Gasteiger partial charge in [0, 0.05) is 17.6 Å². The molecule has 1 fully saturated rings. The van der Waals surface area contributed by atoms with Gasteiger partial charge in [-0.2, -0.15) is 0 Å². The summed E-state index contributed by atoms with van der Waals surface area (Å²) in [7, 11) is 0. The predicted octanol–water partition coefficient (Wildman–Crippen LogP) is 3.71. The first-order chi connectivity index (χ1) is 14.6. The molecule has 2 heterocycles. The molecule has 2 amide bonds. The smallest absolute Gasteiger partial charge is 0.270 e. The molecule has 0 saturated carbocycles. The van der Waals surface area contributed by atoms with Crippen molar-refractivity contribution in [1.29, 1.82) is 0 Å². The maximum absolute atomic E-state index is 13.2. The molecule has 3 aromatic rings. The molecule has 4 rings (SSSR count). The third kappa shape index (κ3) is 3.75. The van der Waals surface area contributed by atoms with Gasteiger partial charge in [-0.3, -0.25) is 19.8 Å². The number of aromatic nitrogens is 1. The minimum atomic E-state index is -0.520. The van der Waals surface area contributed by atoms with Crippen molar-refractivity contribution in [3.05, 3.63) is 84.2 Å². The second-order valence-electron chi connectivity index (χ2n) is 6.52. The number of rotatable bonds is 5. The Morgan fingerprint density at radius 2 is 1.70 bits per heavy atom. The normalized spacial score (nSPS) is 15.4. The third-order valence-electron chi connectivity index (χ3n) is 4.61. The maximum atomic E-state index is 13.2. The van der Waals surface area contributed by atoms with Crippen molar-refractivity contribution in [3.63, 3.8) is 0 Å². The van der Waals surface area contributed by atoms with Gasteiger partial charge in [-0.1, -0.05) is 18.2 Å². The van der Waals surface area contributed by atoms with Gasteiger partial charge in [0.15, 0.2) is 5.11 Å². The highest BCUT2D eigenvalue weighted by Gasteiger charge is 2.34. The molecule has 0 radical (unpaired) electrons. The van der Waals surface area contributed by atoms with Crippen LogP contribution in [0.5, 0.6) is 5.75 Å². The SMILES string of the molecule is CCOc1ccc(N2C(=O)C(=Cc3cccn3-c3ccccc3)C(=O)NC2=S)cc1. The molecule has 30 heavy (non-hydrogen) atoms. The molecule has 0 aliphatic carbocycles. The van der Waals surface area contributed by atoms with E-state index >= 15 is 0 Å². The van der Waals surface area contributed by atoms with Gasteiger partial charge in [0.2, 0.25) is 0 Å². The first-order valence-electron chi connectivity index (χ1n) is 9.45. The molecule has 1 saturated heterocycles. The fraction of sp³-hybridized carbons (Fsp3) is 0.0870. The van der Waals surface area contributed by atoms with Gasteiger partial charge in [0.25, 0.3) is 11.8 Å². The minimum Gasteiger partial charge on any atom is -0.494 e. The highest BCUT2D eigenvalue weighted by atomic mass is 32.1. The van der Waals surface area contributed by atoms with Crippen LogP contribution < -0.4 is 15.0 Å². The summed E-state index contributed by atoms with van der Waals surface area (Å²) in [5.41, 5.74) is 2.20. The average molecular weight is 417 g/mol. The maximum Gasteiger partial charge on any atom is 0.270 e. The second-order valence-corrected chi connectivity index (χ2v) is 6.91. The van der Waals surface area contributed by atoms with E-state index in [-0.39, 0.29) is 10.7 Å². The monoisotopic (exact) mass is 417 g/mol. The summed E-state index contributed by atoms with van der Waals surface area (Å²) in [5.74, 6) is -0.307. The fourth-order valence-corrected chi connectivity index (χ4v) is 3.51. The molecular formula is C23H19N3O3S. The van der Waals surface area contributed by atoms with E-state index in [0.717, 1.165) is 5.69 Å². The van der Waals surface area contributed by atoms with Gasteiger partial charge in [-0.05, 0) is 73.7 Å². The Morgan fingerprint density at radius 3 is 2.40 bits per heavy atom. The molecule has 1 aliphatic rings. The first kappa shape index (κ1) is 19.6. The summed E-state index contributed by atoms with van der Waals surface area (Å²) >= 11 is 5.26. The number of benzene rings is 2. The van der Waals surface area contributed by atoms with Crippen LogP contribution in [0, 0.1) is 0 Å². The zero-order chi connectivity index (χ0) is 21.1. The lowest BCUT2D eigenvalue weighted by Gasteiger charge is -2.29. The van der Waals surface area contributed by atoms with Crippen LogP contribution in [0.25, 0.3) is 11.8 Å². The van der Waals surface area contributed by atoms with E-state index in [9.17, 15) is 9.59 Å².